The van der Waals surface area contributed by atoms with Crippen molar-refractivity contribution in [3.63, 3.8) is 0 Å². The van der Waals surface area contributed by atoms with E-state index < -0.39 is 15.9 Å². The molecule has 0 fully saturated rings. The third-order valence-electron chi connectivity index (χ3n) is 4.70. The van der Waals surface area contributed by atoms with E-state index in [-0.39, 0.29) is 22.4 Å². The number of carbonyl (C=O) groups is 1. The average Bonchev–Trinajstić information content (AvgIpc) is 3.33. The van der Waals surface area contributed by atoms with Crippen molar-refractivity contribution in [3.8, 4) is 23.0 Å². The van der Waals surface area contributed by atoms with Gasteiger partial charge in [-0.25, -0.2) is 8.42 Å². The van der Waals surface area contributed by atoms with E-state index in [0.717, 1.165) is 0 Å². The van der Waals surface area contributed by atoms with Crippen molar-refractivity contribution in [1.82, 2.24) is 10.2 Å². The summed E-state index contributed by atoms with van der Waals surface area (Å²) in [5, 5.41) is 10.3. The van der Waals surface area contributed by atoms with Gasteiger partial charge >= 0.3 is 6.01 Å². The summed E-state index contributed by atoms with van der Waals surface area (Å²) in [5.74, 6) is 0.747. The van der Waals surface area contributed by atoms with Crippen LogP contribution in [0.5, 0.6) is 11.5 Å². The first-order valence-corrected chi connectivity index (χ1v) is 11.4. The van der Waals surface area contributed by atoms with E-state index in [0.29, 0.717) is 22.7 Å². The summed E-state index contributed by atoms with van der Waals surface area (Å²) in [4.78, 5) is 12.7. The van der Waals surface area contributed by atoms with Crippen LogP contribution in [-0.2, 0) is 10.0 Å². The maximum absolute atomic E-state index is 12.6. The van der Waals surface area contributed by atoms with Gasteiger partial charge < -0.3 is 13.9 Å². The monoisotopic (exact) mass is 480 g/mol. The minimum atomic E-state index is -3.73. The van der Waals surface area contributed by atoms with Crippen LogP contribution in [-0.4, -0.2) is 38.7 Å². The van der Waals surface area contributed by atoms with Crippen LogP contribution >= 0.6 is 0 Å². The standard InChI is InChI=1S/C23H20N4O6S/c1-31-18-12-16(13-19(14-18)32-2)22-25-26-23(33-22)24-21(28)15-8-10-17(11-9-15)27-34(29,30)20-6-4-3-5-7-20/h3-14,27H,1-2H3,(H,24,26,28). The topological polar surface area (TPSA) is 133 Å². The van der Waals surface area contributed by atoms with E-state index in [4.69, 9.17) is 13.9 Å². The Morgan fingerprint density at radius 1 is 0.882 bits per heavy atom. The number of anilines is 2. The van der Waals surface area contributed by atoms with Crippen molar-refractivity contribution in [2.24, 2.45) is 0 Å². The average molecular weight is 481 g/mol. The molecule has 0 aliphatic carbocycles. The van der Waals surface area contributed by atoms with Crippen molar-refractivity contribution in [2.45, 2.75) is 4.90 Å². The molecule has 1 aromatic heterocycles. The Morgan fingerprint density at radius 2 is 1.53 bits per heavy atom. The summed E-state index contributed by atoms with van der Waals surface area (Å²) in [6.45, 7) is 0. The zero-order valence-electron chi connectivity index (χ0n) is 18.2. The van der Waals surface area contributed by atoms with Gasteiger partial charge in [0.05, 0.1) is 19.1 Å². The molecule has 0 unspecified atom stereocenters. The second kappa shape index (κ2) is 9.63. The van der Waals surface area contributed by atoms with Gasteiger partial charge in [-0.15, -0.1) is 5.10 Å². The molecule has 3 aromatic carbocycles. The van der Waals surface area contributed by atoms with Crippen molar-refractivity contribution in [1.29, 1.82) is 0 Å². The van der Waals surface area contributed by atoms with Gasteiger partial charge in [-0.3, -0.25) is 14.8 Å². The molecule has 1 heterocycles. The predicted molar refractivity (Wildman–Crippen MR) is 124 cm³/mol. The molecule has 0 bridgehead atoms. The van der Waals surface area contributed by atoms with Gasteiger partial charge in [-0.05, 0) is 48.5 Å². The Labute approximate surface area is 195 Å². The van der Waals surface area contributed by atoms with Gasteiger partial charge in [0.25, 0.3) is 15.9 Å². The fraction of sp³-hybridized carbons (Fsp3) is 0.0870. The number of hydrogen-bond donors (Lipinski definition) is 2. The number of nitrogens with one attached hydrogen (secondary N) is 2. The number of hydrogen-bond acceptors (Lipinski definition) is 8. The maximum atomic E-state index is 12.6. The first kappa shape index (κ1) is 22.8. The largest absolute Gasteiger partial charge is 0.497 e. The van der Waals surface area contributed by atoms with Crippen LogP contribution in [0.4, 0.5) is 11.7 Å². The Hall–Kier alpha value is -4.38. The number of ether oxygens (including phenoxy) is 2. The Balaban J connectivity index is 1.44. The molecular formula is C23H20N4O6S. The van der Waals surface area contributed by atoms with Crippen molar-refractivity contribution in [3.05, 3.63) is 78.4 Å². The Bertz CT molecular complexity index is 1380. The van der Waals surface area contributed by atoms with Crippen LogP contribution in [0.15, 0.2) is 82.1 Å². The van der Waals surface area contributed by atoms with Gasteiger partial charge in [0, 0.05) is 22.9 Å². The molecule has 4 aromatic rings. The smallest absolute Gasteiger partial charge is 0.322 e. The van der Waals surface area contributed by atoms with Gasteiger partial charge in [-0.1, -0.05) is 23.3 Å². The highest BCUT2D eigenvalue weighted by atomic mass is 32.2. The molecule has 2 N–H and O–H groups in total. The molecule has 10 nitrogen and oxygen atoms in total. The lowest BCUT2D eigenvalue weighted by Crippen LogP contribution is -2.14. The van der Waals surface area contributed by atoms with Crippen LogP contribution in [0.3, 0.4) is 0 Å². The van der Waals surface area contributed by atoms with Crippen LogP contribution in [0.2, 0.25) is 0 Å². The van der Waals surface area contributed by atoms with Crippen molar-refractivity contribution in [2.75, 3.05) is 24.3 Å². The highest BCUT2D eigenvalue weighted by Gasteiger charge is 2.16. The summed E-state index contributed by atoms with van der Waals surface area (Å²) < 4.78 is 43.3. The van der Waals surface area contributed by atoms with E-state index >= 15 is 0 Å². The minimum Gasteiger partial charge on any atom is -0.497 e. The van der Waals surface area contributed by atoms with Crippen LogP contribution in [0.1, 0.15) is 10.4 Å². The van der Waals surface area contributed by atoms with Crippen LogP contribution < -0.4 is 19.5 Å². The zero-order chi connectivity index (χ0) is 24.1. The third kappa shape index (κ3) is 5.15. The fourth-order valence-corrected chi connectivity index (χ4v) is 4.07. The Morgan fingerprint density at radius 3 is 2.15 bits per heavy atom. The second-order valence-corrected chi connectivity index (χ2v) is 8.65. The minimum absolute atomic E-state index is 0.101. The molecule has 1 amide bonds. The summed E-state index contributed by atoms with van der Waals surface area (Å²) >= 11 is 0. The molecule has 34 heavy (non-hydrogen) atoms. The van der Waals surface area contributed by atoms with Crippen molar-refractivity contribution < 1.29 is 27.1 Å². The lowest BCUT2D eigenvalue weighted by molar-refractivity contribution is 0.102. The van der Waals surface area contributed by atoms with Crippen LogP contribution in [0, 0.1) is 0 Å². The number of rotatable bonds is 8. The summed E-state index contributed by atoms with van der Waals surface area (Å²) in [5.41, 5.74) is 1.14. The second-order valence-electron chi connectivity index (χ2n) is 6.96. The van der Waals surface area contributed by atoms with Gasteiger partial charge in [0.1, 0.15) is 11.5 Å². The normalized spacial score (nSPS) is 11.0. The fourth-order valence-electron chi connectivity index (χ4n) is 2.99. The number of methoxy groups -OCH3 is 2. The molecule has 0 aliphatic heterocycles. The predicted octanol–water partition coefficient (Wildman–Crippen LogP) is 3.81. The quantitative estimate of drug-likeness (QED) is 0.389. The molecule has 0 aliphatic rings. The van der Waals surface area contributed by atoms with Crippen molar-refractivity contribution >= 4 is 27.6 Å². The highest BCUT2D eigenvalue weighted by Crippen LogP contribution is 2.29. The first-order chi connectivity index (χ1) is 16.4. The molecule has 4 rings (SSSR count). The molecule has 0 saturated heterocycles. The van der Waals surface area contributed by atoms with E-state index in [9.17, 15) is 13.2 Å². The van der Waals surface area contributed by atoms with E-state index in [1.807, 2.05) is 0 Å². The maximum Gasteiger partial charge on any atom is 0.322 e. The highest BCUT2D eigenvalue weighted by molar-refractivity contribution is 7.92. The number of aromatic nitrogens is 2. The molecule has 174 valence electrons. The number of amides is 1. The summed E-state index contributed by atoms with van der Waals surface area (Å²) in [6, 6.07) is 18.9. The molecule has 0 spiro atoms. The first-order valence-electron chi connectivity index (χ1n) is 9.94. The van der Waals surface area contributed by atoms with E-state index in [1.165, 1.54) is 50.6 Å². The molecular weight excluding hydrogens is 460 g/mol. The number of benzene rings is 3. The summed E-state index contributed by atoms with van der Waals surface area (Å²) in [7, 11) is -0.683. The number of sulfonamides is 1. The van der Waals surface area contributed by atoms with Gasteiger partial charge in [0.15, 0.2) is 0 Å². The lowest BCUT2D eigenvalue weighted by atomic mass is 10.2. The van der Waals surface area contributed by atoms with Gasteiger partial charge in [0.2, 0.25) is 5.89 Å². The number of nitrogens with zero attached hydrogens (tertiary/aromatic N) is 2. The third-order valence-corrected chi connectivity index (χ3v) is 6.09. The number of carbonyl (C=O) groups excluding carboxylic acids is 1. The van der Waals surface area contributed by atoms with E-state index in [2.05, 4.69) is 20.2 Å². The Kier molecular flexibility index (Phi) is 6.46. The SMILES string of the molecule is COc1cc(OC)cc(-c2nnc(NC(=O)c3ccc(NS(=O)(=O)c4ccccc4)cc3)o2)c1. The lowest BCUT2D eigenvalue weighted by Gasteiger charge is -2.08. The zero-order valence-corrected chi connectivity index (χ0v) is 19.0. The molecule has 11 heteroatoms. The summed E-state index contributed by atoms with van der Waals surface area (Å²) in [6.07, 6.45) is 0. The molecule has 0 atom stereocenters. The van der Waals surface area contributed by atoms with E-state index in [1.54, 1.807) is 36.4 Å². The van der Waals surface area contributed by atoms with Crippen LogP contribution in [0.25, 0.3) is 11.5 Å². The molecule has 0 radical (unpaired) electrons. The molecule has 0 saturated carbocycles. The van der Waals surface area contributed by atoms with Gasteiger partial charge in [-0.2, -0.15) is 0 Å².